The molecule has 2 aromatic rings. The highest BCUT2D eigenvalue weighted by molar-refractivity contribution is 5.70. The van der Waals surface area contributed by atoms with Gasteiger partial charge < -0.3 is 15.4 Å². The highest BCUT2D eigenvalue weighted by Crippen LogP contribution is 2.38. The summed E-state index contributed by atoms with van der Waals surface area (Å²) in [5.41, 5.74) is 5.49. The van der Waals surface area contributed by atoms with Crippen LogP contribution in [0.2, 0.25) is 0 Å². The van der Waals surface area contributed by atoms with E-state index in [1.165, 1.54) is 6.33 Å². The number of anilines is 1. The number of aromatic nitrogens is 4. The topological polar surface area (TPSA) is 110 Å². The number of hydrogen-bond donors (Lipinski definition) is 3. The lowest BCUT2D eigenvalue weighted by Crippen LogP contribution is -2.22. The fourth-order valence-electron chi connectivity index (χ4n) is 2.69. The number of nitrogens with one attached hydrogen (secondary N) is 1. The summed E-state index contributed by atoms with van der Waals surface area (Å²) in [6, 6.07) is -0.462. The van der Waals surface area contributed by atoms with Gasteiger partial charge in [0, 0.05) is 12.5 Å². The van der Waals surface area contributed by atoms with Gasteiger partial charge >= 0.3 is 0 Å². The van der Waals surface area contributed by atoms with Crippen molar-refractivity contribution in [2.75, 3.05) is 12.3 Å². The molecule has 3 atom stereocenters. The molecule has 0 unspecified atom stereocenters. The van der Waals surface area contributed by atoms with Crippen LogP contribution in [0.1, 0.15) is 18.9 Å². The second-order valence-electron chi connectivity index (χ2n) is 4.81. The lowest BCUT2D eigenvalue weighted by molar-refractivity contribution is 0.141. The molecule has 1 fully saturated rings. The van der Waals surface area contributed by atoms with Gasteiger partial charge in [0.1, 0.15) is 6.17 Å². The summed E-state index contributed by atoms with van der Waals surface area (Å²) in [5.74, 6) is -0.395. The van der Waals surface area contributed by atoms with Gasteiger partial charge in [-0.1, -0.05) is 0 Å². The molecule has 0 bridgehead atoms. The third kappa shape index (κ3) is 1.79. The standard InChI is InChI=1S/C11H14FN5O2/c12-7-5(3-18)1-2-6(7)17-4-14-8-9(17)15-11(13)16-10(8)19/h4-7,18H,1-3H2,(H3,13,15,16,19)/t5-,6-,7-/m0/s1. The summed E-state index contributed by atoms with van der Waals surface area (Å²) in [6.07, 6.45) is 1.40. The molecule has 0 saturated heterocycles. The number of aliphatic hydroxyl groups excluding tert-OH is 1. The van der Waals surface area contributed by atoms with Crippen molar-refractivity contribution in [3.63, 3.8) is 0 Å². The summed E-state index contributed by atoms with van der Waals surface area (Å²) in [7, 11) is 0. The van der Waals surface area contributed by atoms with Crippen LogP contribution >= 0.6 is 0 Å². The predicted molar refractivity (Wildman–Crippen MR) is 66.3 cm³/mol. The van der Waals surface area contributed by atoms with E-state index in [4.69, 9.17) is 10.8 Å². The third-order valence-corrected chi connectivity index (χ3v) is 3.69. The van der Waals surface area contributed by atoms with E-state index in [1.807, 2.05) is 0 Å². The molecule has 0 aromatic carbocycles. The number of nitrogens with zero attached hydrogens (tertiary/aromatic N) is 3. The molecule has 2 aromatic heterocycles. The molecule has 0 aliphatic heterocycles. The van der Waals surface area contributed by atoms with Crippen LogP contribution in [0.15, 0.2) is 11.1 Å². The molecule has 8 heteroatoms. The van der Waals surface area contributed by atoms with Crippen molar-refractivity contribution in [1.82, 2.24) is 19.5 Å². The van der Waals surface area contributed by atoms with Crippen molar-refractivity contribution in [3.8, 4) is 0 Å². The lowest BCUT2D eigenvalue weighted by Gasteiger charge is -2.17. The Morgan fingerprint density at radius 3 is 3.05 bits per heavy atom. The molecule has 1 aliphatic carbocycles. The van der Waals surface area contributed by atoms with Gasteiger partial charge in [-0.25, -0.2) is 9.37 Å². The van der Waals surface area contributed by atoms with Gasteiger partial charge in [0.05, 0.1) is 12.4 Å². The Bertz CT molecular complexity index is 667. The van der Waals surface area contributed by atoms with Gasteiger partial charge in [-0.15, -0.1) is 0 Å². The Balaban J connectivity index is 2.09. The molecule has 102 valence electrons. The molecule has 7 nitrogen and oxygen atoms in total. The number of aliphatic hydroxyl groups is 1. The normalized spacial score (nSPS) is 27.2. The molecule has 0 radical (unpaired) electrons. The van der Waals surface area contributed by atoms with Crippen LogP contribution in [0.25, 0.3) is 11.2 Å². The molecule has 0 spiro atoms. The zero-order valence-electron chi connectivity index (χ0n) is 10.1. The van der Waals surface area contributed by atoms with Crippen molar-refractivity contribution < 1.29 is 9.50 Å². The van der Waals surface area contributed by atoms with E-state index >= 15 is 0 Å². The van der Waals surface area contributed by atoms with Gasteiger partial charge in [-0.05, 0) is 12.8 Å². The van der Waals surface area contributed by atoms with Crippen LogP contribution in [0.4, 0.5) is 10.3 Å². The molecule has 1 saturated carbocycles. The first kappa shape index (κ1) is 12.1. The monoisotopic (exact) mass is 267 g/mol. The summed E-state index contributed by atoms with van der Waals surface area (Å²) in [5, 5.41) is 9.10. The highest BCUT2D eigenvalue weighted by atomic mass is 19.1. The first-order chi connectivity index (χ1) is 9.11. The van der Waals surface area contributed by atoms with E-state index in [0.29, 0.717) is 12.8 Å². The van der Waals surface area contributed by atoms with Crippen molar-refractivity contribution in [2.45, 2.75) is 25.1 Å². The number of aromatic amines is 1. The number of hydrogen-bond acceptors (Lipinski definition) is 5. The average molecular weight is 267 g/mol. The molecule has 19 heavy (non-hydrogen) atoms. The minimum Gasteiger partial charge on any atom is -0.396 e. The Kier molecular flexibility index (Phi) is 2.74. The van der Waals surface area contributed by atoms with E-state index < -0.39 is 17.8 Å². The fraction of sp³-hybridized carbons (Fsp3) is 0.545. The first-order valence-corrected chi connectivity index (χ1v) is 6.09. The van der Waals surface area contributed by atoms with Crippen molar-refractivity contribution in [1.29, 1.82) is 0 Å². The van der Waals surface area contributed by atoms with E-state index in [2.05, 4.69) is 15.0 Å². The number of nitrogen functional groups attached to an aromatic ring is 1. The van der Waals surface area contributed by atoms with Gasteiger partial charge in [0.2, 0.25) is 5.95 Å². The van der Waals surface area contributed by atoms with Gasteiger partial charge in [-0.3, -0.25) is 9.78 Å². The average Bonchev–Trinajstić information content (AvgIpc) is 2.92. The zero-order valence-corrected chi connectivity index (χ0v) is 10.1. The van der Waals surface area contributed by atoms with Crippen LogP contribution in [-0.4, -0.2) is 37.4 Å². The van der Waals surface area contributed by atoms with Crippen LogP contribution in [0.5, 0.6) is 0 Å². The predicted octanol–water partition coefficient (Wildman–Crippen LogP) is -0.0167. The second kappa shape index (κ2) is 4.30. The third-order valence-electron chi connectivity index (χ3n) is 3.69. The molecule has 1 aliphatic rings. The Hall–Kier alpha value is -1.96. The minimum atomic E-state index is -1.18. The zero-order chi connectivity index (χ0) is 13.6. The van der Waals surface area contributed by atoms with Gasteiger partial charge in [0.15, 0.2) is 11.2 Å². The number of halogens is 1. The number of fused-ring (bicyclic) bond motifs is 1. The molecule has 2 heterocycles. The van der Waals surface area contributed by atoms with E-state index in [0.717, 1.165) is 0 Å². The molecular weight excluding hydrogens is 253 g/mol. The first-order valence-electron chi connectivity index (χ1n) is 6.09. The number of nitrogens with two attached hydrogens (primary N) is 1. The smallest absolute Gasteiger partial charge is 0.280 e. The van der Waals surface area contributed by atoms with Crippen LogP contribution < -0.4 is 11.3 Å². The number of rotatable bonds is 2. The van der Waals surface area contributed by atoms with E-state index in [-0.39, 0.29) is 29.6 Å². The number of H-pyrrole nitrogens is 1. The van der Waals surface area contributed by atoms with Crippen molar-refractivity contribution in [3.05, 3.63) is 16.7 Å². The SMILES string of the molecule is Nc1nc2c(ncn2[C@H]2CC[C@@H](CO)[C@@H]2F)c(=O)[nH]1. The molecule has 4 N–H and O–H groups in total. The van der Waals surface area contributed by atoms with Crippen LogP contribution in [-0.2, 0) is 0 Å². The highest BCUT2D eigenvalue weighted by Gasteiger charge is 2.38. The second-order valence-corrected chi connectivity index (χ2v) is 4.81. The van der Waals surface area contributed by atoms with Crippen LogP contribution in [0.3, 0.4) is 0 Å². The fourth-order valence-corrected chi connectivity index (χ4v) is 2.69. The van der Waals surface area contributed by atoms with Crippen molar-refractivity contribution in [2.24, 2.45) is 5.92 Å². The summed E-state index contributed by atoms with van der Waals surface area (Å²) in [6.45, 7) is -0.180. The van der Waals surface area contributed by atoms with E-state index in [9.17, 15) is 9.18 Å². The quantitative estimate of drug-likeness (QED) is 0.708. The van der Waals surface area contributed by atoms with Crippen LogP contribution in [0, 0.1) is 5.92 Å². The Morgan fingerprint density at radius 1 is 1.58 bits per heavy atom. The van der Waals surface area contributed by atoms with Gasteiger partial charge in [0.25, 0.3) is 5.56 Å². The summed E-state index contributed by atoms with van der Waals surface area (Å²) >= 11 is 0. The summed E-state index contributed by atoms with van der Waals surface area (Å²) < 4.78 is 15.7. The largest absolute Gasteiger partial charge is 0.396 e. The molecular formula is C11H14FN5O2. The van der Waals surface area contributed by atoms with Crippen molar-refractivity contribution >= 4 is 17.1 Å². The number of imidazole rings is 1. The minimum absolute atomic E-state index is 0.0219. The Morgan fingerprint density at radius 2 is 2.37 bits per heavy atom. The Labute approximate surface area is 107 Å². The maximum atomic E-state index is 14.2. The van der Waals surface area contributed by atoms with E-state index in [1.54, 1.807) is 4.57 Å². The van der Waals surface area contributed by atoms with Gasteiger partial charge in [-0.2, -0.15) is 4.98 Å². The summed E-state index contributed by atoms with van der Waals surface area (Å²) in [4.78, 5) is 22.0. The number of alkyl halides is 1. The molecule has 0 amide bonds. The lowest BCUT2D eigenvalue weighted by atomic mass is 10.1. The maximum Gasteiger partial charge on any atom is 0.280 e. The maximum absolute atomic E-state index is 14.2. The molecule has 3 rings (SSSR count).